The summed E-state index contributed by atoms with van der Waals surface area (Å²) in [7, 11) is 0. The zero-order valence-electron chi connectivity index (χ0n) is 9.36. The van der Waals surface area contributed by atoms with Gasteiger partial charge in [0.2, 0.25) is 5.95 Å². The van der Waals surface area contributed by atoms with E-state index in [0.717, 1.165) is 11.1 Å². The highest BCUT2D eigenvalue weighted by Gasteiger charge is 2.05. The van der Waals surface area contributed by atoms with Crippen LogP contribution in [0.4, 0.5) is 4.39 Å². The molecule has 0 aliphatic heterocycles. The summed E-state index contributed by atoms with van der Waals surface area (Å²) >= 11 is 0. The number of aromatic nitrogens is 1. The van der Waals surface area contributed by atoms with E-state index in [9.17, 15) is 4.39 Å². The van der Waals surface area contributed by atoms with Gasteiger partial charge < -0.3 is 5.73 Å². The van der Waals surface area contributed by atoms with Crippen LogP contribution in [0.3, 0.4) is 0 Å². The lowest BCUT2D eigenvalue weighted by atomic mass is 10.1. The van der Waals surface area contributed by atoms with Crippen LogP contribution < -0.4 is 5.73 Å². The van der Waals surface area contributed by atoms with Crippen molar-refractivity contribution in [3.63, 3.8) is 0 Å². The number of nitrogens with zero attached hydrogens (tertiary/aromatic N) is 1. The van der Waals surface area contributed by atoms with E-state index in [4.69, 9.17) is 5.73 Å². The molecule has 0 amide bonds. The maximum atomic E-state index is 13.5. The van der Waals surface area contributed by atoms with Gasteiger partial charge in [0, 0.05) is 17.7 Å². The van der Waals surface area contributed by atoms with Crippen LogP contribution >= 0.6 is 0 Å². The number of nitrogens with two attached hydrogens (primary N) is 1. The molecule has 1 aromatic carbocycles. The summed E-state index contributed by atoms with van der Waals surface area (Å²) < 4.78 is 13.5. The van der Waals surface area contributed by atoms with Crippen LogP contribution in [0.15, 0.2) is 43.0 Å². The van der Waals surface area contributed by atoms with Gasteiger partial charge in [0.15, 0.2) is 0 Å². The molecule has 0 radical (unpaired) electrons. The zero-order valence-corrected chi connectivity index (χ0v) is 9.36. The van der Waals surface area contributed by atoms with Gasteiger partial charge in [-0.1, -0.05) is 43.0 Å². The highest BCUT2D eigenvalue weighted by Crippen LogP contribution is 2.19. The molecule has 17 heavy (non-hydrogen) atoms. The van der Waals surface area contributed by atoms with Gasteiger partial charge in [0.1, 0.15) is 0 Å². The van der Waals surface area contributed by atoms with E-state index in [2.05, 4.69) is 11.6 Å². The van der Waals surface area contributed by atoms with Crippen LogP contribution in [-0.4, -0.2) is 4.98 Å². The minimum Gasteiger partial charge on any atom is -0.326 e. The summed E-state index contributed by atoms with van der Waals surface area (Å²) in [5.41, 5.74) is 8.31. The van der Waals surface area contributed by atoms with E-state index >= 15 is 0 Å². The van der Waals surface area contributed by atoms with E-state index in [0.29, 0.717) is 11.3 Å². The van der Waals surface area contributed by atoms with Gasteiger partial charge >= 0.3 is 0 Å². The van der Waals surface area contributed by atoms with E-state index in [1.807, 2.05) is 24.3 Å². The lowest BCUT2D eigenvalue weighted by Crippen LogP contribution is -2.02. The quantitative estimate of drug-likeness (QED) is 0.820. The van der Waals surface area contributed by atoms with Crippen molar-refractivity contribution >= 4 is 6.08 Å². The number of benzene rings is 1. The second kappa shape index (κ2) is 4.89. The van der Waals surface area contributed by atoms with Gasteiger partial charge in [0.05, 0.1) is 5.69 Å². The van der Waals surface area contributed by atoms with Crippen molar-refractivity contribution in [1.29, 1.82) is 0 Å². The van der Waals surface area contributed by atoms with Crippen molar-refractivity contribution in [2.24, 2.45) is 5.73 Å². The number of pyridine rings is 1. The van der Waals surface area contributed by atoms with E-state index in [1.165, 1.54) is 0 Å². The average Bonchev–Trinajstić information content (AvgIpc) is 2.39. The Morgan fingerprint density at radius 2 is 1.88 bits per heavy atom. The molecule has 0 aliphatic carbocycles. The molecule has 1 heterocycles. The third-order valence-electron chi connectivity index (χ3n) is 2.59. The van der Waals surface area contributed by atoms with E-state index in [-0.39, 0.29) is 6.54 Å². The number of hydrogen-bond acceptors (Lipinski definition) is 2. The topological polar surface area (TPSA) is 38.9 Å². The van der Waals surface area contributed by atoms with Gasteiger partial charge in [0.25, 0.3) is 0 Å². The van der Waals surface area contributed by atoms with Crippen LogP contribution in [0.1, 0.15) is 11.1 Å². The summed E-state index contributed by atoms with van der Waals surface area (Å²) in [5.74, 6) is -0.502. The average molecular weight is 228 g/mol. The van der Waals surface area contributed by atoms with E-state index in [1.54, 1.807) is 18.2 Å². The Kier molecular flexibility index (Phi) is 3.30. The highest BCUT2D eigenvalue weighted by atomic mass is 19.1. The fourth-order valence-electron chi connectivity index (χ4n) is 1.57. The fourth-order valence-corrected chi connectivity index (χ4v) is 1.57. The monoisotopic (exact) mass is 228 g/mol. The van der Waals surface area contributed by atoms with E-state index < -0.39 is 5.95 Å². The Labute approximate surface area is 99.6 Å². The van der Waals surface area contributed by atoms with Crippen molar-refractivity contribution < 1.29 is 4.39 Å². The molecule has 0 aliphatic rings. The SMILES string of the molecule is C=Cc1ccc(-c2ccc(CN)c(F)n2)cc1. The molecule has 0 saturated carbocycles. The molecule has 0 saturated heterocycles. The molecule has 2 aromatic rings. The second-order valence-corrected chi connectivity index (χ2v) is 3.68. The van der Waals surface area contributed by atoms with Crippen LogP contribution in [0.25, 0.3) is 17.3 Å². The Morgan fingerprint density at radius 1 is 1.18 bits per heavy atom. The van der Waals surface area contributed by atoms with Crippen molar-refractivity contribution in [2.75, 3.05) is 0 Å². The Bertz CT molecular complexity index is 532. The molecule has 86 valence electrons. The van der Waals surface area contributed by atoms with Crippen LogP contribution in [0, 0.1) is 5.95 Å². The van der Waals surface area contributed by atoms with Crippen molar-refractivity contribution in [3.8, 4) is 11.3 Å². The van der Waals surface area contributed by atoms with Crippen LogP contribution in [0.5, 0.6) is 0 Å². The molecule has 3 heteroatoms. The fraction of sp³-hybridized carbons (Fsp3) is 0.0714. The van der Waals surface area contributed by atoms with Crippen LogP contribution in [-0.2, 0) is 6.54 Å². The van der Waals surface area contributed by atoms with Crippen molar-refractivity contribution in [2.45, 2.75) is 6.54 Å². The first kappa shape index (κ1) is 11.5. The summed E-state index contributed by atoms with van der Waals surface area (Å²) in [6.45, 7) is 3.84. The summed E-state index contributed by atoms with van der Waals surface area (Å²) in [5, 5.41) is 0. The maximum absolute atomic E-state index is 13.5. The molecule has 0 bridgehead atoms. The highest BCUT2D eigenvalue weighted by molar-refractivity contribution is 5.62. The third kappa shape index (κ3) is 2.40. The van der Waals surface area contributed by atoms with Gasteiger partial charge in [-0.3, -0.25) is 0 Å². The first-order valence-electron chi connectivity index (χ1n) is 5.33. The van der Waals surface area contributed by atoms with Gasteiger partial charge in [-0.25, -0.2) is 4.98 Å². The molecular weight excluding hydrogens is 215 g/mol. The van der Waals surface area contributed by atoms with Crippen molar-refractivity contribution in [3.05, 3.63) is 60.1 Å². The van der Waals surface area contributed by atoms with Gasteiger partial charge in [-0.15, -0.1) is 0 Å². The predicted molar refractivity (Wildman–Crippen MR) is 67.6 cm³/mol. The molecular formula is C14H13FN2. The zero-order chi connectivity index (χ0) is 12.3. The molecule has 0 unspecified atom stereocenters. The maximum Gasteiger partial charge on any atom is 0.217 e. The summed E-state index contributed by atoms with van der Waals surface area (Å²) in [6.07, 6.45) is 1.76. The number of halogens is 1. The number of rotatable bonds is 3. The number of hydrogen-bond donors (Lipinski definition) is 1. The largest absolute Gasteiger partial charge is 0.326 e. The third-order valence-corrected chi connectivity index (χ3v) is 2.59. The predicted octanol–water partition coefficient (Wildman–Crippen LogP) is 2.99. The van der Waals surface area contributed by atoms with Crippen molar-refractivity contribution in [1.82, 2.24) is 4.98 Å². The summed E-state index contributed by atoms with van der Waals surface area (Å²) in [4.78, 5) is 3.90. The second-order valence-electron chi connectivity index (χ2n) is 3.68. The minimum absolute atomic E-state index is 0.161. The summed E-state index contributed by atoms with van der Waals surface area (Å²) in [6, 6.07) is 11.0. The molecule has 1 aromatic heterocycles. The Morgan fingerprint density at radius 3 is 2.41 bits per heavy atom. The van der Waals surface area contributed by atoms with Gasteiger partial charge in [-0.2, -0.15) is 4.39 Å². The standard InChI is InChI=1S/C14H13FN2/c1-2-10-3-5-11(6-4-10)13-8-7-12(9-16)14(15)17-13/h2-8H,1,9,16H2. The lowest BCUT2D eigenvalue weighted by molar-refractivity contribution is 0.569. The molecule has 2 rings (SSSR count). The molecule has 0 spiro atoms. The molecule has 2 N–H and O–H groups in total. The Balaban J connectivity index is 2.38. The molecule has 0 atom stereocenters. The van der Waals surface area contributed by atoms with Crippen LogP contribution in [0.2, 0.25) is 0 Å². The minimum atomic E-state index is -0.502. The lowest BCUT2D eigenvalue weighted by Gasteiger charge is -2.04. The van der Waals surface area contributed by atoms with Gasteiger partial charge in [-0.05, 0) is 11.6 Å². The Hall–Kier alpha value is -2.00. The first-order chi connectivity index (χ1) is 8.24. The smallest absolute Gasteiger partial charge is 0.217 e. The normalized spacial score (nSPS) is 10.2. The molecule has 2 nitrogen and oxygen atoms in total. The molecule has 0 fully saturated rings. The first-order valence-corrected chi connectivity index (χ1v) is 5.33.